The van der Waals surface area contributed by atoms with Crippen molar-refractivity contribution in [3.05, 3.63) is 102 Å². The third kappa shape index (κ3) is 6.70. The van der Waals surface area contributed by atoms with E-state index in [4.69, 9.17) is 14.5 Å². The molecule has 43 heavy (non-hydrogen) atoms. The molecule has 0 aliphatic heterocycles. The van der Waals surface area contributed by atoms with Gasteiger partial charge in [0.05, 0.1) is 18.5 Å². The maximum Gasteiger partial charge on any atom is 0.323 e. The minimum Gasteiger partial charge on any atom is -0.495 e. The molecule has 4 aromatic carbocycles. The molecule has 0 spiro atoms. The molecule has 0 aliphatic carbocycles. The summed E-state index contributed by atoms with van der Waals surface area (Å²) in [4.78, 5) is 24.6. The van der Waals surface area contributed by atoms with Crippen molar-refractivity contribution in [2.24, 2.45) is 0 Å². The van der Waals surface area contributed by atoms with Gasteiger partial charge in [-0.25, -0.2) is 9.78 Å². The molecule has 220 valence electrons. The predicted molar refractivity (Wildman–Crippen MR) is 174 cm³/mol. The first kappa shape index (κ1) is 29.4. The van der Waals surface area contributed by atoms with E-state index in [1.165, 1.54) is 0 Å². The highest BCUT2D eigenvalue weighted by atomic mass is 16.5. The number of hydrogen-bond acceptors (Lipinski definition) is 6. The van der Waals surface area contributed by atoms with Crippen molar-refractivity contribution < 1.29 is 14.3 Å². The van der Waals surface area contributed by atoms with E-state index in [2.05, 4.69) is 43.3 Å². The van der Waals surface area contributed by atoms with Gasteiger partial charge in [-0.05, 0) is 61.2 Å². The van der Waals surface area contributed by atoms with E-state index in [0.717, 1.165) is 27.7 Å². The molecule has 0 aliphatic rings. The van der Waals surface area contributed by atoms with E-state index >= 15 is 0 Å². The van der Waals surface area contributed by atoms with Gasteiger partial charge in [0.2, 0.25) is 11.8 Å². The number of nitrogens with one attached hydrogen (secondary N) is 2. The largest absolute Gasteiger partial charge is 0.495 e. The number of aryl methyl sites for hydroxylation is 1. The summed E-state index contributed by atoms with van der Waals surface area (Å²) >= 11 is 0. The van der Waals surface area contributed by atoms with Gasteiger partial charge >= 0.3 is 6.03 Å². The number of urea groups is 1. The number of ether oxygens (including phenoxy) is 2. The average Bonchev–Trinajstić information content (AvgIpc) is 2.98. The number of rotatable bonds is 8. The third-order valence-corrected chi connectivity index (χ3v) is 7.10. The van der Waals surface area contributed by atoms with E-state index < -0.39 is 0 Å². The maximum atomic E-state index is 13.2. The van der Waals surface area contributed by atoms with Crippen LogP contribution < -0.4 is 25.0 Å². The quantitative estimate of drug-likeness (QED) is 0.192. The zero-order valence-corrected chi connectivity index (χ0v) is 25.4. The van der Waals surface area contributed by atoms with Crippen molar-refractivity contribution in [2.45, 2.75) is 40.0 Å². The number of aromatic nitrogens is 2. The van der Waals surface area contributed by atoms with Crippen molar-refractivity contribution in [3.63, 3.8) is 0 Å². The van der Waals surface area contributed by atoms with Gasteiger partial charge in [-0.3, -0.25) is 0 Å². The van der Waals surface area contributed by atoms with Gasteiger partial charge in [-0.1, -0.05) is 69.3 Å². The Hall–Kier alpha value is -5.11. The predicted octanol–water partition coefficient (Wildman–Crippen LogP) is 8.84. The minimum atomic E-state index is -0.375. The molecular formula is C35H37N5O3. The number of carbonyl (C=O) groups excluding carboxylic acids is 1. The molecule has 0 saturated carbocycles. The van der Waals surface area contributed by atoms with Gasteiger partial charge in [0.15, 0.2) is 0 Å². The number of fused-ring (bicyclic) bond motifs is 1. The van der Waals surface area contributed by atoms with Crippen molar-refractivity contribution in [1.29, 1.82) is 0 Å². The molecule has 0 fully saturated rings. The van der Waals surface area contributed by atoms with Crippen molar-refractivity contribution >= 4 is 39.8 Å². The van der Waals surface area contributed by atoms with Crippen LogP contribution in [0.15, 0.2) is 91.0 Å². The smallest absolute Gasteiger partial charge is 0.323 e. The first-order valence-electron chi connectivity index (χ1n) is 14.3. The molecule has 0 saturated heterocycles. The second kappa shape index (κ2) is 12.4. The summed E-state index contributed by atoms with van der Waals surface area (Å²) in [5, 5.41) is 7.62. The summed E-state index contributed by atoms with van der Waals surface area (Å²) in [6.07, 6.45) is 0. The number of para-hydroxylation sites is 1. The normalized spacial score (nSPS) is 11.2. The Morgan fingerprint density at radius 2 is 1.49 bits per heavy atom. The van der Waals surface area contributed by atoms with Gasteiger partial charge < -0.3 is 25.0 Å². The highest BCUT2D eigenvalue weighted by molar-refractivity contribution is 6.08. The molecule has 1 heterocycles. The molecule has 8 heteroatoms. The lowest BCUT2D eigenvalue weighted by Crippen LogP contribution is -2.21. The third-order valence-electron chi connectivity index (χ3n) is 7.10. The average molecular weight is 576 g/mol. The summed E-state index contributed by atoms with van der Waals surface area (Å²) < 4.78 is 11.8. The molecule has 5 aromatic rings. The molecule has 2 amide bonds. The van der Waals surface area contributed by atoms with Crippen molar-refractivity contribution in [1.82, 2.24) is 9.97 Å². The number of nitrogens with zero attached hydrogens (tertiary/aromatic N) is 3. The standard InChI is InChI=1S/C35H37N5O3/c1-7-40(25-13-9-8-10-14-25)33-36-23(2)21-32(39-33)43-30-20-18-28(26-15-11-12-16-27(26)30)37-34(41)38-29-22-24(35(3,4)5)17-19-31(29)42-6/h8-22H,7H2,1-6H3,(H2,37,38,41). The molecular weight excluding hydrogens is 538 g/mol. The Kier molecular flexibility index (Phi) is 8.48. The number of amides is 2. The van der Waals surface area contributed by atoms with E-state index in [9.17, 15) is 4.79 Å². The molecule has 0 atom stereocenters. The van der Waals surface area contributed by atoms with Crippen LogP contribution in [0, 0.1) is 6.92 Å². The number of benzene rings is 4. The lowest BCUT2D eigenvalue weighted by molar-refractivity contribution is 0.262. The summed E-state index contributed by atoms with van der Waals surface area (Å²) in [6, 6.07) is 28.7. The van der Waals surface area contributed by atoms with Crippen LogP contribution in [0.4, 0.5) is 27.8 Å². The van der Waals surface area contributed by atoms with Crippen molar-refractivity contribution in [2.75, 3.05) is 29.2 Å². The number of carbonyl (C=O) groups is 1. The number of hydrogen-bond donors (Lipinski definition) is 2. The summed E-state index contributed by atoms with van der Waals surface area (Å²) in [6.45, 7) is 11.1. The van der Waals surface area contributed by atoms with Crippen LogP contribution in [-0.4, -0.2) is 29.7 Å². The minimum absolute atomic E-state index is 0.0788. The van der Waals surface area contributed by atoms with E-state index in [1.54, 1.807) is 7.11 Å². The molecule has 0 bridgehead atoms. The monoisotopic (exact) mass is 575 g/mol. The lowest BCUT2D eigenvalue weighted by Gasteiger charge is -2.22. The molecule has 1 aromatic heterocycles. The van der Waals surface area contributed by atoms with Crippen LogP contribution in [0.25, 0.3) is 10.8 Å². The van der Waals surface area contributed by atoms with Gasteiger partial charge in [0, 0.05) is 34.8 Å². The second-order valence-corrected chi connectivity index (χ2v) is 11.2. The van der Waals surface area contributed by atoms with Crippen LogP contribution >= 0.6 is 0 Å². The van der Waals surface area contributed by atoms with Gasteiger partial charge in [-0.2, -0.15) is 4.98 Å². The molecule has 0 radical (unpaired) electrons. The van der Waals surface area contributed by atoms with E-state index in [0.29, 0.717) is 41.2 Å². The fourth-order valence-electron chi connectivity index (χ4n) is 4.88. The Balaban J connectivity index is 1.41. The molecule has 0 unspecified atom stereocenters. The fraction of sp³-hybridized carbons (Fsp3) is 0.229. The summed E-state index contributed by atoms with van der Waals surface area (Å²) in [5.41, 5.74) is 4.05. The van der Waals surface area contributed by atoms with Gasteiger partial charge in [-0.15, -0.1) is 0 Å². The number of anilines is 4. The zero-order chi connectivity index (χ0) is 30.6. The Morgan fingerprint density at radius 3 is 2.19 bits per heavy atom. The van der Waals surface area contributed by atoms with Crippen molar-refractivity contribution in [3.8, 4) is 17.4 Å². The Bertz CT molecular complexity index is 1750. The van der Waals surface area contributed by atoms with Crippen LogP contribution in [-0.2, 0) is 5.41 Å². The fourth-order valence-corrected chi connectivity index (χ4v) is 4.88. The topological polar surface area (TPSA) is 88.6 Å². The van der Waals surface area contributed by atoms with Gasteiger partial charge in [0.1, 0.15) is 11.5 Å². The highest BCUT2D eigenvalue weighted by Gasteiger charge is 2.18. The second-order valence-electron chi connectivity index (χ2n) is 11.2. The highest BCUT2D eigenvalue weighted by Crippen LogP contribution is 2.36. The van der Waals surface area contributed by atoms with Gasteiger partial charge in [0.25, 0.3) is 0 Å². The Morgan fingerprint density at radius 1 is 0.814 bits per heavy atom. The molecule has 2 N–H and O–H groups in total. The van der Waals surface area contributed by atoms with E-state index in [-0.39, 0.29) is 11.4 Å². The maximum absolute atomic E-state index is 13.2. The lowest BCUT2D eigenvalue weighted by atomic mass is 9.87. The SMILES string of the molecule is CCN(c1ccccc1)c1nc(C)cc(Oc2ccc(NC(=O)Nc3cc(C(C)(C)C)ccc3OC)c3ccccc23)n1. The first-order valence-corrected chi connectivity index (χ1v) is 14.3. The number of methoxy groups -OCH3 is 1. The van der Waals surface area contributed by atoms with Crippen LogP contribution in [0.1, 0.15) is 39.0 Å². The molecule has 5 rings (SSSR count). The van der Waals surface area contributed by atoms with Crippen LogP contribution in [0.2, 0.25) is 0 Å². The zero-order valence-electron chi connectivity index (χ0n) is 25.4. The summed E-state index contributed by atoms with van der Waals surface area (Å²) in [5.74, 6) is 2.21. The van der Waals surface area contributed by atoms with E-state index in [1.807, 2.05) is 103 Å². The first-order chi connectivity index (χ1) is 20.7. The van der Waals surface area contributed by atoms with Crippen LogP contribution in [0.5, 0.6) is 17.4 Å². The molecule has 8 nitrogen and oxygen atoms in total. The Labute approximate surface area is 252 Å². The summed E-state index contributed by atoms with van der Waals surface area (Å²) in [7, 11) is 1.59. The van der Waals surface area contributed by atoms with Crippen LogP contribution in [0.3, 0.4) is 0 Å².